The smallest absolute Gasteiger partial charge is 0.339 e. The van der Waals surface area contributed by atoms with E-state index in [0.29, 0.717) is 10.8 Å². The molecule has 9 heteroatoms. The molecule has 0 radical (unpaired) electrons. The maximum Gasteiger partial charge on any atom is 0.339 e. The van der Waals surface area contributed by atoms with Gasteiger partial charge in [0.15, 0.2) is 0 Å². The maximum absolute atomic E-state index is 11.5. The van der Waals surface area contributed by atoms with E-state index < -0.39 is 16.9 Å². The molecule has 0 saturated carbocycles. The van der Waals surface area contributed by atoms with Gasteiger partial charge in [-0.1, -0.05) is 0 Å². The number of nitrogens with zero attached hydrogens (tertiary/aromatic N) is 1. The van der Waals surface area contributed by atoms with Crippen molar-refractivity contribution in [1.29, 1.82) is 0 Å². The Kier molecular flexibility index (Phi) is 6.25. The predicted octanol–water partition coefficient (Wildman–Crippen LogP) is 1.77. The first-order chi connectivity index (χ1) is 9.94. The quantitative estimate of drug-likeness (QED) is 0.341. The van der Waals surface area contributed by atoms with Crippen molar-refractivity contribution in [1.82, 2.24) is 0 Å². The van der Waals surface area contributed by atoms with Crippen LogP contribution in [0.5, 0.6) is 0 Å². The Labute approximate surface area is 128 Å². The molecule has 0 aliphatic heterocycles. The van der Waals surface area contributed by atoms with Crippen LogP contribution >= 0.6 is 15.9 Å². The van der Waals surface area contributed by atoms with E-state index in [0.717, 1.165) is 6.07 Å². The van der Waals surface area contributed by atoms with Gasteiger partial charge >= 0.3 is 5.97 Å². The molecule has 8 nitrogen and oxygen atoms in total. The number of hydrogen-bond donors (Lipinski definition) is 1. The largest absolute Gasteiger partial charge is 0.465 e. The van der Waals surface area contributed by atoms with Gasteiger partial charge in [0.05, 0.1) is 24.2 Å². The fraction of sp³-hybridized carbons (Fsp3) is 0.333. The highest BCUT2D eigenvalue weighted by Gasteiger charge is 2.23. The molecule has 0 amide bonds. The Morgan fingerprint density at radius 2 is 2.19 bits per heavy atom. The van der Waals surface area contributed by atoms with Crippen LogP contribution in [0, 0.1) is 10.1 Å². The van der Waals surface area contributed by atoms with E-state index in [1.165, 1.54) is 20.3 Å². The number of hydrogen-bond acceptors (Lipinski definition) is 7. The van der Waals surface area contributed by atoms with Gasteiger partial charge in [0, 0.05) is 17.6 Å². The molecular formula is C12H13BrN2O6. The number of halogens is 1. The molecule has 0 aliphatic carbocycles. The Balaban J connectivity index is 3.25. The number of rotatable bonds is 7. The zero-order valence-electron chi connectivity index (χ0n) is 11.3. The summed E-state index contributed by atoms with van der Waals surface area (Å²) in [5, 5.41) is 13.8. The summed E-state index contributed by atoms with van der Waals surface area (Å²) in [6.45, 7) is 0.0526. The molecule has 0 heterocycles. The minimum atomic E-state index is -0.746. The van der Waals surface area contributed by atoms with E-state index in [1.807, 2.05) is 0 Å². The van der Waals surface area contributed by atoms with Crippen molar-refractivity contribution in [3.8, 4) is 0 Å². The topological polar surface area (TPSA) is 108 Å². The molecule has 1 rings (SSSR count). The maximum atomic E-state index is 11.5. The minimum absolute atomic E-state index is 0.0177. The summed E-state index contributed by atoms with van der Waals surface area (Å²) < 4.78 is 9.68. The highest BCUT2D eigenvalue weighted by molar-refractivity contribution is 9.10. The lowest BCUT2D eigenvalue weighted by Gasteiger charge is -2.14. The number of carbonyl (C=O) groups excluding carboxylic acids is 2. The van der Waals surface area contributed by atoms with Crippen LogP contribution < -0.4 is 5.32 Å². The highest BCUT2D eigenvalue weighted by Crippen LogP contribution is 2.32. The first-order valence-electron chi connectivity index (χ1n) is 5.71. The monoisotopic (exact) mass is 360 g/mol. The van der Waals surface area contributed by atoms with E-state index in [1.54, 1.807) is 0 Å². The van der Waals surface area contributed by atoms with Gasteiger partial charge in [0.2, 0.25) is 0 Å². The molecule has 0 spiro atoms. The molecule has 0 aromatic heterocycles. The van der Waals surface area contributed by atoms with Gasteiger partial charge in [-0.25, -0.2) is 4.79 Å². The van der Waals surface area contributed by atoms with Crippen LogP contribution in [0.1, 0.15) is 10.4 Å². The van der Waals surface area contributed by atoms with Crippen LogP contribution in [-0.4, -0.2) is 44.0 Å². The van der Waals surface area contributed by atoms with Crippen LogP contribution in [0.3, 0.4) is 0 Å². The lowest BCUT2D eigenvalue weighted by atomic mass is 10.1. The van der Waals surface area contributed by atoms with E-state index in [2.05, 4.69) is 26.0 Å². The summed E-state index contributed by atoms with van der Waals surface area (Å²) in [7, 11) is 2.58. The van der Waals surface area contributed by atoms with Crippen molar-refractivity contribution in [3.05, 3.63) is 32.3 Å². The van der Waals surface area contributed by atoms with Gasteiger partial charge in [-0.2, -0.15) is 0 Å². The van der Waals surface area contributed by atoms with Gasteiger partial charge in [-0.3, -0.25) is 10.1 Å². The third-order valence-electron chi connectivity index (χ3n) is 2.54. The van der Waals surface area contributed by atoms with E-state index >= 15 is 0 Å². The second kappa shape index (κ2) is 7.70. The van der Waals surface area contributed by atoms with Gasteiger partial charge in [-0.15, -0.1) is 0 Å². The Morgan fingerprint density at radius 3 is 2.67 bits per heavy atom. The molecule has 0 bridgehead atoms. The number of ether oxygens (including phenoxy) is 2. The van der Waals surface area contributed by atoms with E-state index in [-0.39, 0.29) is 23.5 Å². The van der Waals surface area contributed by atoms with Crippen LogP contribution in [0.15, 0.2) is 16.6 Å². The molecule has 0 aliphatic rings. The average Bonchev–Trinajstić information content (AvgIpc) is 2.45. The zero-order valence-corrected chi connectivity index (χ0v) is 12.9. The van der Waals surface area contributed by atoms with Crippen LogP contribution in [-0.2, 0) is 14.3 Å². The molecule has 1 N–H and O–H groups in total. The summed E-state index contributed by atoms with van der Waals surface area (Å²) in [6, 6.07) is 1.67. The number of nitro groups is 1. The van der Waals surface area contributed by atoms with Gasteiger partial charge in [-0.05, 0) is 22.0 Å². The summed E-state index contributed by atoms with van der Waals surface area (Å²) >= 11 is 3.14. The van der Waals surface area contributed by atoms with Crippen molar-refractivity contribution in [2.75, 3.05) is 26.1 Å². The summed E-state index contributed by atoms with van der Waals surface area (Å²) in [5.41, 5.74) is -0.237. The third kappa shape index (κ3) is 4.23. The minimum Gasteiger partial charge on any atom is -0.465 e. The number of anilines is 1. The molecule has 114 valence electrons. The van der Waals surface area contributed by atoms with E-state index in [9.17, 15) is 19.7 Å². The standard InChI is InChI=1S/C12H13BrN2O6/c1-20-6-7(5-16)14-10-4-9(13)8(12(17)21-2)3-11(10)15(18)19/h3-5,7,14H,6H2,1-2H3. The Bertz CT molecular complexity index is 563. The van der Waals surface area contributed by atoms with Gasteiger partial charge in [0.1, 0.15) is 18.0 Å². The lowest BCUT2D eigenvalue weighted by Crippen LogP contribution is -2.26. The number of esters is 1. The van der Waals surface area contributed by atoms with Crippen LogP contribution in [0.25, 0.3) is 0 Å². The van der Waals surface area contributed by atoms with Crippen molar-refractivity contribution in [2.24, 2.45) is 0 Å². The summed E-state index contributed by atoms with van der Waals surface area (Å²) in [6.07, 6.45) is 0.579. The zero-order chi connectivity index (χ0) is 16.0. The molecule has 0 fully saturated rings. The number of benzene rings is 1. The number of aldehydes is 1. The van der Waals surface area contributed by atoms with E-state index in [4.69, 9.17) is 4.74 Å². The second-order valence-electron chi connectivity index (χ2n) is 3.94. The number of methoxy groups -OCH3 is 2. The SMILES string of the molecule is COCC(C=O)Nc1cc(Br)c(C(=O)OC)cc1[N+](=O)[O-]. The average molecular weight is 361 g/mol. The Hall–Kier alpha value is -2.00. The predicted molar refractivity (Wildman–Crippen MR) is 77.5 cm³/mol. The molecular weight excluding hydrogens is 348 g/mol. The molecule has 21 heavy (non-hydrogen) atoms. The lowest BCUT2D eigenvalue weighted by molar-refractivity contribution is -0.384. The van der Waals surface area contributed by atoms with Gasteiger partial charge < -0.3 is 19.6 Å². The second-order valence-corrected chi connectivity index (χ2v) is 4.79. The number of nitro benzene ring substituents is 1. The Morgan fingerprint density at radius 1 is 1.52 bits per heavy atom. The normalized spacial score (nSPS) is 11.6. The number of nitrogens with one attached hydrogen (secondary N) is 1. The molecule has 1 unspecified atom stereocenters. The molecule has 0 saturated heterocycles. The molecule has 1 atom stereocenters. The number of carbonyl (C=O) groups is 2. The van der Waals surface area contributed by atoms with Crippen molar-refractivity contribution >= 4 is 39.6 Å². The first-order valence-corrected chi connectivity index (χ1v) is 6.50. The highest BCUT2D eigenvalue weighted by atomic mass is 79.9. The van der Waals surface area contributed by atoms with Crippen molar-refractivity contribution < 1.29 is 24.0 Å². The molecule has 1 aromatic carbocycles. The van der Waals surface area contributed by atoms with Gasteiger partial charge in [0.25, 0.3) is 5.69 Å². The molecule has 1 aromatic rings. The van der Waals surface area contributed by atoms with Crippen LogP contribution in [0.4, 0.5) is 11.4 Å². The van der Waals surface area contributed by atoms with Crippen LogP contribution in [0.2, 0.25) is 0 Å². The summed E-state index contributed by atoms with van der Waals surface area (Å²) in [4.78, 5) is 32.9. The first kappa shape index (κ1) is 17.1. The fourth-order valence-electron chi connectivity index (χ4n) is 1.59. The van der Waals surface area contributed by atoms with Crippen molar-refractivity contribution in [2.45, 2.75) is 6.04 Å². The fourth-order valence-corrected chi connectivity index (χ4v) is 2.09. The van der Waals surface area contributed by atoms with Crippen molar-refractivity contribution in [3.63, 3.8) is 0 Å². The third-order valence-corrected chi connectivity index (χ3v) is 3.19. The summed E-state index contributed by atoms with van der Waals surface area (Å²) in [5.74, 6) is -0.708.